The quantitative estimate of drug-likeness (QED) is 0.200. The molecular formula is C32H24Br2O. The molecule has 172 valence electrons. The van der Waals surface area contributed by atoms with Crippen LogP contribution in [0.1, 0.15) is 5.56 Å². The average molecular weight is 584 g/mol. The maximum atomic E-state index is 5.40. The van der Waals surface area contributed by atoms with E-state index in [0.717, 1.165) is 36.9 Å². The third-order valence-electron chi connectivity index (χ3n) is 6.23. The molecule has 0 N–H and O–H groups in total. The molecule has 0 atom stereocenters. The molecule has 0 aliphatic carbocycles. The summed E-state index contributed by atoms with van der Waals surface area (Å²) in [5, 5.41) is 0. The van der Waals surface area contributed by atoms with Gasteiger partial charge in [-0.3, -0.25) is 0 Å². The van der Waals surface area contributed by atoms with Gasteiger partial charge in [-0.2, -0.15) is 0 Å². The van der Waals surface area contributed by atoms with Gasteiger partial charge in [0.05, 0.1) is 7.11 Å². The lowest BCUT2D eigenvalue weighted by Gasteiger charge is -2.20. The second-order valence-corrected chi connectivity index (χ2v) is 10.2. The van der Waals surface area contributed by atoms with Gasteiger partial charge in [0.2, 0.25) is 0 Å². The van der Waals surface area contributed by atoms with Crippen LogP contribution < -0.4 is 4.74 Å². The first-order chi connectivity index (χ1) is 17.0. The molecule has 5 aromatic rings. The van der Waals surface area contributed by atoms with Crippen LogP contribution in [0.5, 0.6) is 5.75 Å². The second kappa shape index (κ2) is 10.2. The number of aryl methyl sites for hydroxylation is 1. The fraction of sp³-hybridized carbons (Fsp3) is 0.0625. The third-order valence-corrected chi connectivity index (χ3v) is 7.61. The van der Waals surface area contributed by atoms with Crippen molar-refractivity contribution in [2.24, 2.45) is 0 Å². The molecule has 0 amide bonds. The van der Waals surface area contributed by atoms with Gasteiger partial charge in [0.25, 0.3) is 0 Å². The van der Waals surface area contributed by atoms with E-state index >= 15 is 0 Å². The van der Waals surface area contributed by atoms with Crippen molar-refractivity contribution < 1.29 is 4.74 Å². The van der Waals surface area contributed by atoms with E-state index in [1.165, 1.54) is 27.8 Å². The van der Waals surface area contributed by atoms with Crippen molar-refractivity contribution in [1.82, 2.24) is 0 Å². The van der Waals surface area contributed by atoms with Gasteiger partial charge in [-0.1, -0.05) is 110 Å². The molecule has 0 saturated heterocycles. The third kappa shape index (κ3) is 4.84. The standard InChI is InChI=1S/C32H24Br2O/c1-21-11-13-23(14-12-21)32-28(26-7-3-5-9-30(26)33)19-24(22-15-17-25(35-2)18-16-22)20-29(32)27-8-4-6-10-31(27)34/h3-20H,1-2H3. The van der Waals surface area contributed by atoms with Crippen molar-refractivity contribution >= 4 is 31.9 Å². The maximum absolute atomic E-state index is 5.40. The van der Waals surface area contributed by atoms with E-state index in [1.807, 2.05) is 12.1 Å². The van der Waals surface area contributed by atoms with Gasteiger partial charge >= 0.3 is 0 Å². The molecule has 0 aromatic heterocycles. The summed E-state index contributed by atoms with van der Waals surface area (Å²) in [6.45, 7) is 2.12. The van der Waals surface area contributed by atoms with Crippen LogP contribution in [0.25, 0.3) is 44.5 Å². The molecule has 3 heteroatoms. The number of methoxy groups -OCH3 is 1. The molecule has 5 aromatic carbocycles. The van der Waals surface area contributed by atoms with Gasteiger partial charge in [-0.25, -0.2) is 0 Å². The Hall–Kier alpha value is -3.14. The zero-order chi connectivity index (χ0) is 24.4. The number of halogens is 2. The van der Waals surface area contributed by atoms with Crippen LogP contribution in [0.4, 0.5) is 0 Å². The Balaban J connectivity index is 1.88. The zero-order valence-electron chi connectivity index (χ0n) is 19.6. The van der Waals surface area contributed by atoms with Gasteiger partial charge in [-0.15, -0.1) is 0 Å². The summed E-state index contributed by atoms with van der Waals surface area (Å²) in [5.41, 5.74) is 10.6. The molecule has 5 rings (SSSR count). The molecule has 0 spiro atoms. The first-order valence-corrected chi connectivity index (χ1v) is 13.0. The lowest BCUT2D eigenvalue weighted by atomic mass is 9.84. The number of ether oxygens (including phenoxy) is 1. The van der Waals surface area contributed by atoms with Crippen molar-refractivity contribution in [2.75, 3.05) is 7.11 Å². The fourth-order valence-electron chi connectivity index (χ4n) is 4.41. The van der Waals surface area contributed by atoms with Gasteiger partial charge < -0.3 is 4.74 Å². The summed E-state index contributed by atoms with van der Waals surface area (Å²) in [6.07, 6.45) is 0. The Kier molecular flexibility index (Phi) is 6.90. The largest absolute Gasteiger partial charge is 0.497 e. The van der Waals surface area contributed by atoms with Crippen molar-refractivity contribution in [1.29, 1.82) is 0 Å². The van der Waals surface area contributed by atoms with Crippen LogP contribution in [0.15, 0.2) is 118 Å². The second-order valence-electron chi connectivity index (χ2n) is 8.50. The highest BCUT2D eigenvalue weighted by Gasteiger charge is 2.19. The normalized spacial score (nSPS) is 10.9. The fourth-order valence-corrected chi connectivity index (χ4v) is 5.40. The molecule has 0 fully saturated rings. The van der Waals surface area contributed by atoms with Crippen LogP contribution in [0, 0.1) is 6.92 Å². The first kappa shape index (κ1) is 23.6. The predicted octanol–water partition coefficient (Wildman–Crippen LogP) is 10.2. The van der Waals surface area contributed by atoms with Crippen LogP contribution in [-0.2, 0) is 0 Å². The molecule has 0 aliphatic rings. The summed E-state index contributed by atoms with van der Waals surface area (Å²) in [4.78, 5) is 0. The van der Waals surface area contributed by atoms with Crippen molar-refractivity contribution in [2.45, 2.75) is 6.92 Å². The highest BCUT2D eigenvalue weighted by atomic mass is 79.9. The van der Waals surface area contributed by atoms with Crippen LogP contribution in [0.2, 0.25) is 0 Å². The predicted molar refractivity (Wildman–Crippen MR) is 155 cm³/mol. The molecule has 0 unspecified atom stereocenters. The molecule has 1 nitrogen and oxygen atoms in total. The maximum Gasteiger partial charge on any atom is 0.118 e. The van der Waals surface area contributed by atoms with E-state index in [0.29, 0.717) is 0 Å². The van der Waals surface area contributed by atoms with Crippen LogP contribution >= 0.6 is 31.9 Å². The number of hydrogen-bond donors (Lipinski definition) is 0. The molecule has 0 aliphatic heterocycles. The van der Waals surface area contributed by atoms with Gasteiger partial charge in [0, 0.05) is 8.95 Å². The molecule has 0 bridgehead atoms. The monoisotopic (exact) mass is 582 g/mol. The molecule has 0 heterocycles. The summed E-state index contributed by atoms with van der Waals surface area (Å²) in [6, 6.07) is 38.5. The minimum atomic E-state index is 0.849. The van der Waals surface area contributed by atoms with E-state index < -0.39 is 0 Å². The smallest absolute Gasteiger partial charge is 0.118 e. The minimum absolute atomic E-state index is 0.849. The van der Waals surface area contributed by atoms with E-state index in [9.17, 15) is 0 Å². The lowest BCUT2D eigenvalue weighted by Crippen LogP contribution is -1.94. The molecule has 35 heavy (non-hydrogen) atoms. The Labute approximate surface area is 223 Å². The van der Waals surface area contributed by atoms with E-state index in [-0.39, 0.29) is 0 Å². The van der Waals surface area contributed by atoms with Gasteiger partial charge in [-0.05, 0) is 87.8 Å². The summed E-state index contributed by atoms with van der Waals surface area (Å²) >= 11 is 7.64. The Morgan fingerprint density at radius 1 is 0.514 bits per heavy atom. The first-order valence-electron chi connectivity index (χ1n) is 11.4. The van der Waals surface area contributed by atoms with E-state index in [2.05, 4.69) is 136 Å². The van der Waals surface area contributed by atoms with E-state index in [4.69, 9.17) is 4.74 Å². The highest BCUT2D eigenvalue weighted by Crippen LogP contribution is 2.46. The number of rotatable bonds is 5. The lowest BCUT2D eigenvalue weighted by molar-refractivity contribution is 0.415. The van der Waals surface area contributed by atoms with Crippen molar-refractivity contribution in [3.05, 3.63) is 124 Å². The van der Waals surface area contributed by atoms with Gasteiger partial charge in [0.15, 0.2) is 0 Å². The Bertz CT molecular complexity index is 1420. The molecule has 0 saturated carbocycles. The topological polar surface area (TPSA) is 9.23 Å². The minimum Gasteiger partial charge on any atom is -0.497 e. The zero-order valence-corrected chi connectivity index (χ0v) is 22.7. The number of benzene rings is 5. The summed E-state index contributed by atoms with van der Waals surface area (Å²) in [7, 11) is 1.70. The summed E-state index contributed by atoms with van der Waals surface area (Å²) in [5.74, 6) is 0.849. The Morgan fingerprint density at radius 3 is 1.49 bits per heavy atom. The van der Waals surface area contributed by atoms with Crippen molar-refractivity contribution in [3.8, 4) is 50.3 Å². The van der Waals surface area contributed by atoms with Crippen LogP contribution in [0.3, 0.4) is 0 Å². The van der Waals surface area contributed by atoms with Crippen molar-refractivity contribution in [3.63, 3.8) is 0 Å². The van der Waals surface area contributed by atoms with Crippen LogP contribution in [-0.4, -0.2) is 7.11 Å². The Morgan fingerprint density at radius 2 is 1.00 bits per heavy atom. The highest BCUT2D eigenvalue weighted by molar-refractivity contribution is 9.11. The average Bonchev–Trinajstić information content (AvgIpc) is 2.89. The summed E-state index contributed by atoms with van der Waals surface area (Å²) < 4.78 is 7.53. The van der Waals surface area contributed by atoms with E-state index in [1.54, 1.807) is 7.11 Å². The SMILES string of the molecule is COc1ccc(-c2cc(-c3ccccc3Br)c(-c3ccc(C)cc3)c(-c3ccccc3Br)c2)cc1. The van der Waals surface area contributed by atoms with Gasteiger partial charge in [0.1, 0.15) is 5.75 Å². The molecule has 0 radical (unpaired) electrons. The molecular weight excluding hydrogens is 560 g/mol. The number of hydrogen-bond acceptors (Lipinski definition) is 1.